The van der Waals surface area contributed by atoms with E-state index in [1.807, 2.05) is 20.0 Å². The van der Waals surface area contributed by atoms with Gasteiger partial charge in [0.25, 0.3) is 0 Å². The van der Waals surface area contributed by atoms with Crippen molar-refractivity contribution >= 4 is 17.3 Å². The van der Waals surface area contributed by atoms with E-state index in [9.17, 15) is 4.39 Å². The molecular formula is C18H25FN4OS. The Hall–Kier alpha value is -2.15. The lowest BCUT2D eigenvalue weighted by atomic mass is 10.3. The Balaban J connectivity index is 1.86. The Morgan fingerprint density at radius 1 is 1.36 bits per heavy atom. The van der Waals surface area contributed by atoms with Crippen LogP contribution in [0.25, 0.3) is 0 Å². The molecule has 1 atom stereocenters. The van der Waals surface area contributed by atoms with Gasteiger partial charge in [0.1, 0.15) is 22.7 Å². The molecule has 0 radical (unpaired) electrons. The van der Waals surface area contributed by atoms with Gasteiger partial charge in [0.15, 0.2) is 5.96 Å². The minimum atomic E-state index is -0.303. The number of thiazole rings is 1. The number of aromatic nitrogens is 1. The summed E-state index contributed by atoms with van der Waals surface area (Å²) in [5, 5.41) is 7.44. The van der Waals surface area contributed by atoms with Crippen LogP contribution in [0, 0.1) is 5.82 Å². The number of aryl methyl sites for hydroxylation is 1. The van der Waals surface area contributed by atoms with Gasteiger partial charge in [-0.25, -0.2) is 14.4 Å². The highest BCUT2D eigenvalue weighted by Crippen LogP contribution is 2.14. The van der Waals surface area contributed by atoms with E-state index in [4.69, 9.17) is 4.74 Å². The minimum Gasteiger partial charge on any atom is -0.489 e. The summed E-state index contributed by atoms with van der Waals surface area (Å²) >= 11 is 1.69. The number of rotatable bonds is 8. The molecule has 7 heteroatoms. The molecule has 1 heterocycles. The summed E-state index contributed by atoms with van der Waals surface area (Å²) in [6.45, 7) is 7.92. The second-order valence-corrected chi connectivity index (χ2v) is 6.74. The first-order valence-corrected chi connectivity index (χ1v) is 9.30. The molecule has 136 valence electrons. The van der Waals surface area contributed by atoms with Crippen LogP contribution < -0.4 is 15.4 Å². The molecule has 2 aromatic rings. The predicted octanol–water partition coefficient (Wildman–Crippen LogP) is 3.37. The molecule has 0 aliphatic heterocycles. The molecular weight excluding hydrogens is 339 g/mol. The van der Waals surface area contributed by atoms with Crippen LogP contribution in [0.4, 0.5) is 4.39 Å². The summed E-state index contributed by atoms with van der Waals surface area (Å²) < 4.78 is 18.9. The van der Waals surface area contributed by atoms with E-state index >= 15 is 0 Å². The fourth-order valence-electron chi connectivity index (χ4n) is 2.13. The molecule has 0 saturated carbocycles. The predicted molar refractivity (Wildman–Crippen MR) is 101 cm³/mol. The zero-order valence-electron chi connectivity index (χ0n) is 14.9. The highest BCUT2D eigenvalue weighted by molar-refractivity contribution is 7.11. The number of hydrogen-bond donors (Lipinski definition) is 2. The first kappa shape index (κ1) is 19.2. The molecule has 0 spiro atoms. The van der Waals surface area contributed by atoms with Crippen molar-refractivity contribution in [3.63, 3.8) is 0 Å². The summed E-state index contributed by atoms with van der Waals surface area (Å²) in [4.78, 5) is 10.2. The summed E-state index contributed by atoms with van der Waals surface area (Å²) in [6, 6.07) is 6.15. The quantitative estimate of drug-likeness (QED) is 0.557. The second-order valence-electron chi connectivity index (χ2n) is 5.54. The number of nitrogens with zero attached hydrogens (tertiary/aromatic N) is 2. The van der Waals surface area contributed by atoms with Gasteiger partial charge < -0.3 is 15.4 Å². The van der Waals surface area contributed by atoms with Crippen LogP contribution in [0.15, 0.2) is 35.5 Å². The normalized spacial score (nSPS) is 12.7. The standard InChI is InChI=1S/C18H25FN4OS/c1-4-16-11-21-17(25-16)12-23-18(20-5-2)22-10-13(3)24-15-8-6-7-14(19)9-15/h6-9,11,13H,4-5,10,12H2,1-3H3,(H2,20,22,23). The van der Waals surface area contributed by atoms with Crippen molar-refractivity contribution in [2.24, 2.45) is 4.99 Å². The molecule has 2 rings (SSSR count). The van der Waals surface area contributed by atoms with Gasteiger partial charge in [0, 0.05) is 23.7 Å². The Kier molecular flexibility index (Phi) is 7.66. The van der Waals surface area contributed by atoms with Crippen LogP contribution in [0.2, 0.25) is 0 Å². The molecule has 0 saturated heterocycles. The van der Waals surface area contributed by atoms with Gasteiger partial charge >= 0.3 is 0 Å². The first-order chi connectivity index (χ1) is 12.1. The number of aliphatic imine (C=N–C) groups is 1. The second kappa shape index (κ2) is 9.98. The maximum Gasteiger partial charge on any atom is 0.191 e. The maximum absolute atomic E-state index is 13.2. The van der Waals surface area contributed by atoms with E-state index in [0.29, 0.717) is 24.8 Å². The van der Waals surface area contributed by atoms with Crippen molar-refractivity contribution in [1.29, 1.82) is 0 Å². The van der Waals surface area contributed by atoms with E-state index in [0.717, 1.165) is 18.0 Å². The molecule has 0 fully saturated rings. The van der Waals surface area contributed by atoms with Crippen LogP contribution >= 0.6 is 11.3 Å². The van der Waals surface area contributed by atoms with Crippen molar-refractivity contribution in [2.75, 3.05) is 13.1 Å². The summed E-state index contributed by atoms with van der Waals surface area (Å²) in [6.07, 6.45) is 2.77. The van der Waals surface area contributed by atoms with Gasteiger partial charge in [-0.05, 0) is 32.4 Å². The number of hydrogen-bond acceptors (Lipinski definition) is 4. The van der Waals surface area contributed by atoms with E-state index in [2.05, 4.69) is 27.5 Å². The Labute approximate surface area is 152 Å². The zero-order chi connectivity index (χ0) is 18.1. The smallest absolute Gasteiger partial charge is 0.191 e. The molecule has 5 nitrogen and oxygen atoms in total. The number of ether oxygens (including phenoxy) is 1. The number of benzene rings is 1. The molecule has 1 aromatic carbocycles. The van der Waals surface area contributed by atoms with E-state index in [1.165, 1.54) is 17.0 Å². The third kappa shape index (κ3) is 6.70. The SMILES string of the molecule is CCNC(=NCc1ncc(CC)s1)NCC(C)Oc1cccc(F)c1. The van der Waals surface area contributed by atoms with Crippen molar-refractivity contribution in [1.82, 2.24) is 15.6 Å². The van der Waals surface area contributed by atoms with Gasteiger partial charge in [-0.2, -0.15) is 0 Å². The van der Waals surface area contributed by atoms with Crippen molar-refractivity contribution < 1.29 is 9.13 Å². The molecule has 2 N–H and O–H groups in total. The molecule has 1 unspecified atom stereocenters. The lowest BCUT2D eigenvalue weighted by Gasteiger charge is -2.17. The Morgan fingerprint density at radius 3 is 2.88 bits per heavy atom. The average Bonchev–Trinajstić information content (AvgIpc) is 3.05. The van der Waals surface area contributed by atoms with Crippen molar-refractivity contribution in [3.05, 3.63) is 46.2 Å². The van der Waals surface area contributed by atoms with E-state index in [-0.39, 0.29) is 11.9 Å². The average molecular weight is 364 g/mol. The maximum atomic E-state index is 13.2. The fourth-order valence-corrected chi connectivity index (χ4v) is 2.91. The molecule has 1 aromatic heterocycles. The van der Waals surface area contributed by atoms with Crippen molar-refractivity contribution in [3.8, 4) is 5.75 Å². The summed E-state index contributed by atoms with van der Waals surface area (Å²) in [7, 11) is 0. The van der Waals surface area contributed by atoms with E-state index in [1.54, 1.807) is 23.5 Å². The number of nitrogens with one attached hydrogen (secondary N) is 2. The fraction of sp³-hybridized carbons (Fsp3) is 0.444. The molecule has 0 amide bonds. The molecule has 0 bridgehead atoms. The van der Waals surface area contributed by atoms with Gasteiger partial charge in [0.05, 0.1) is 13.1 Å². The van der Waals surface area contributed by atoms with Crippen molar-refractivity contribution in [2.45, 2.75) is 39.8 Å². The van der Waals surface area contributed by atoms with Gasteiger partial charge in [0.2, 0.25) is 0 Å². The van der Waals surface area contributed by atoms with Gasteiger partial charge in [-0.15, -0.1) is 11.3 Å². The first-order valence-electron chi connectivity index (χ1n) is 8.48. The molecule has 25 heavy (non-hydrogen) atoms. The van der Waals surface area contributed by atoms with Gasteiger partial charge in [-0.3, -0.25) is 0 Å². The molecule has 0 aliphatic rings. The van der Waals surface area contributed by atoms with Crippen LogP contribution in [-0.4, -0.2) is 30.1 Å². The zero-order valence-corrected chi connectivity index (χ0v) is 15.7. The molecule has 0 aliphatic carbocycles. The van der Waals surface area contributed by atoms with E-state index < -0.39 is 0 Å². The summed E-state index contributed by atoms with van der Waals surface area (Å²) in [5.41, 5.74) is 0. The number of halogens is 1. The summed E-state index contributed by atoms with van der Waals surface area (Å²) in [5.74, 6) is 0.930. The lowest BCUT2D eigenvalue weighted by Crippen LogP contribution is -2.41. The topological polar surface area (TPSA) is 58.5 Å². The highest BCUT2D eigenvalue weighted by Gasteiger charge is 2.07. The largest absolute Gasteiger partial charge is 0.489 e. The number of guanidine groups is 1. The Bertz CT molecular complexity index is 689. The van der Waals surface area contributed by atoms with Crippen LogP contribution in [0.1, 0.15) is 30.7 Å². The Morgan fingerprint density at radius 2 is 2.20 bits per heavy atom. The lowest BCUT2D eigenvalue weighted by molar-refractivity contribution is 0.223. The van der Waals surface area contributed by atoms with Crippen LogP contribution in [-0.2, 0) is 13.0 Å². The highest BCUT2D eigenvalue weighted by atomic mass is 32.1. The third-order valence-electron chi connectivity index (χ3n) is 3.36. The van der Waals surface area contributed by atoms with Crippen LogP contribution in [0.5, 0.6) is 5.75 Å². The van der Waals surface area contributed by atoms with Gasteiger partial charge in [-0.1, -0.05) is 13.0 Å². The van der Waals surface area contributed by atoms with Crippen LogP contribution in [0.3, 0.4) is 0 Å². The third-order valence-corrected chi connectivity index (χ3v) is 4.48. The monoisotopic (exact) mass is 364 g/mol. The minimum absolute atomic E-state index is 0.128.